The number of pyridine rings is 1. The molecule has 0 bridgehead atoms. The van der Waals surface area contributed by atoms with E-state index in [1.54, 1.807) is 6.07 Å². The summed E-state index contributed by atoms with van der Waals surface area (Å²) < 4.78 is 31.1. The quantitative estimate of drug-likeness (QED) is 0.714. The van der Waals surface area contributed by atoms with Crippen LogP contribution in [0, 0.1) is 0 Å². The van der Waals surface area contributed by atoms with Crippen molar-refractivity contribution in [2.45, 2.75) is 19.4 Å². The van der Waals surface area contributed by atoms with Crippen LogP contribution in [-0.4, -0.2) is 57.4 Å². The fourth-order valence-electron chi connectivity index (χ4n) is 3.76. The zero-order valence-corrected chi connectivity index (χ0v) is 19.2. The highest BCUT2D eigenvalue weighted by Gasteiger charge is 2.30. The first-order chi connectivity index (χ1) is 14.7. The van der Waals surface area contributed by atoms with Gasteiger partial charge in [-0.05, 0) is 37.6 Å². The number of aromatic nitrogens is 1. The topological polar surface area (TPSA) is 91.8 Å². The van der Waals surface area contributed by atoms with Crippen LogP contribution in [0.3, 0.4) is 0 Å². The zero-order chi connectivity index (χ0) is 22.2. The van der Waals surface area contributed by atoms with E-state index in [0.29, 0.717) is 36.9 Å². The molecule has 2 fully saturated rings. The van der Waals surface area contributed by atoms with E-state index < -0.39 is 15.9 Å². The summed E-state index contributed by atoms with van der Waals surface area (Å²) >= 11 is 12.5. The lowest BCUT2D eigenvalue weighted by Gasteiger charge is -2.35. The normalized spacial score (nSPS) is 20.7. The van der Waals surface area contributed by atoms with Crippen molar-refractivity contribution in [2.75, 3.05) is 46.6 Å². The number of anilines is 3. The average molecular weight is 485 g/mol. The average Bonchev–Trinajstić information content (AvgIpc) is 3.07. The molecule has 2 aromatic rings. The first-order valence-electron chi connectivity index (χ1n) is 9.87. The number of sulfonamides is 1. The molecule has 166 valence electrons. The first kappa shape index (κ1) is 22.1. The molecule has 1 N–H and O–H groups in total. The molecule has 8 nitrogen and oxygen atoms in total. The molecule has 0 spiro atoms. The zero-order valence-electron chi connectivity index (χ0n) is 16.8. The molecule has 31 heavy (non-hydrogen) atoms. The molecule has 1 unspecified atom stereocenters. The van der Waals surface area contributed by atoms with Crippen molar-refractivity contribution in [3.63, 3.8) is 0 Å². The van der Waals surface area contributed by atoms with Crippen molar-refractivity contribution >= 4 is 56.3 Å². The van der Waals surface area contributed by atoms with Gasteiger partial charge in [0.2, 0.25) is 10.0 Å². The van der Waals surface area contributed by atoms with Gasteiger partial charge in [-0.15, -0.1) is 0 Å². The van der Waals surface area contributed by atoms with Gasteiger partial charge in [-0.25, -0.2) is 13.4 Å². The molecular weight excluding hydrogens is 463 g/mol. The third-order valence-corrected chi connectivity index (χ3v) is 7.65. The first-order valence-corrected chi connectivity index (χ1v) is 12.2. The summed E-state index contributed by atoms with van der Waals surface area (Å²) in [7, 11) is -3.42. The molecule has 2 saturated heterocycles. The predicted molar refractivity (Wildman–Crippen MR) is 122 cm³/mol. The van der Waals surface area contributed by atoms with E-state index in [4.69, 9.17) is 27.9 Å². The fraction of sp³-hybridized carbons (Fsp3) is 0.400. The number of rotatable bonds is 4. The smallest absolute Gasteiger partial charge is 0.257 e. The number of nitrogens with one attached hydrogen (secondary N) is 1. The van der Waals surface area contributed by atoms with Gasteiger partial charge in [0.25, 0.3) is 5.91 Å². The van der Waals surface area contributed by atoms with Crippen LogP contribution in [0.4, 0.5) is 17.2 Å². The van der Waals surface area contributed by atoms with Crippen LogP contribution >= 0.6 is 23.2 Å². The second-order valence-electron chi connectivity index (χ2n) is 7.53. The minimum absolute atomic E-state index is 0.0596. The number of benzene rings is 1. The SMILES string of the molecule is CC1COCCN1c1cc(Cl)cc(NC(=O)c2cc(N3CCCS3(=O)=O)ncc2Cl)c1. The molecule has 0 aliphatic carbocycles. The van der Waals surface area contributed by atoms with Crippen LogP contribution in [0.1, 0.15) is 23.7 Å². The Morgan fingerprint density at radius 3 is 2.74 bits per heavy atom. The Balaban J connectivity index is 1.59. The molecule has 2 aliphatic heterocycles. The van der Waals surface area contributed by atoms with Gasteiger partial charge in [-0.3, -0.25) is 9.10 Å². The Morgan fingerprint density at radius 2 is 2.03 bits per heavy atom. The van der Waals surface area contributed by atoms with E-state index >= 15 is 0 Å². The number of hydrogen-bond donors (Lipinski definition) is 1. The van der Waals surface area contributed by atoms with E-state index in [2.05, 4.69) is 22.1 Å². The van der Waals surface area contributed by atoms with Gasteiger partial charge in [-0.2, -0.15) is 0 Å². The molecule has 0 saturated carbocycles. The molecule has 1 aromatic carbocycles. The van der Waals surface area contributed by atoms with Crippen LogP contribution < -0.4 is 14.5 Å². The van der Waals surface area contributed by atoms with Gasteiger partial charge in [0.15, 0.2) is 0 Å². The number of carbonyl (C=O) groups excluding carboxylic acids is 1. The van der Waals surface area contributed by atoms with E-state index in [9.17, 15) is 13.2 Å². The molecule has 0 radical (unpaired) electrons. The lowest BCUT2D eigenvalue weighted by atomic mass is 10.2. The minimum Gasteiger partial charge on any atom is -0.377 e. The third-order valence-electron chi connectivity index (χ3n) is 5.28. The number of ether oxygens (including phenoxy) is 1. The number of hydrogen-bond acceptors (Lipinski definition) is 6. The standard InChI is InChI=1S/C20H22Cl2N4O4S/c1-13-12-30-5-4-25(13)16-8-14(21)7-15(9-16)24-20(27)17-10-19(23-11-18(17)22)26-3-2-6-31(26,28)29/h7-11,13H,2-6,12H2,1H3,(H,24,27). The fourth-order valence-corrected chi connectivity index (χ4v) is 5.68. The largest absolute Gasteiger partial charge is 0.377 e. The van der Waals surface area contributed by atoms with Crippen molar-refractivity contribution in [1.82, 2.24) is 4.98 Å². The number of halogens is 2. The van der Waals surface area contributed by atoms with E-state index in [-0.39, 0.29) is 28.2 Å². The maximum atomic E-state index is 13.0. The molecule has 11 heteroatoms. The molecular formula is C20H22Cl2N4O4S. The van der Waals surface area contributed by atoms with Crippen LogP contribution in [0.25, 0.3) is 0 Å². The maximum Gasteiger partial charge on any atom is 0.257 e. The van der Waals surface area contributed by atoms with Crippen molar-refractivity contribution in [1.29, 1.82) is 0 Å². The molecule has 2 aliphatic rings. The molecule has 1 aromatic heterocycles. The monoisotopic (exact) mass is 484 g/mol. The number of morpholine rings is 1. The Labute approximate surface area is 191 Å². The summed E-state index contributed by atoms with van der Waals surface area (Å²) in [5, 5.41) is 3.42. The Bertz CT molecular complexity index is 1110. The van der Waals surface area contributed by atoms with Crippen LogP contribution in [0.5, 0.6) is 0 Å². The minimum atomic E-state index is -3.42. The Morgan fingerprint density at radius 1 is 1.23 bits per heavy atom. The second-order valence-corrected chi connectivity index (χ2v) is 10.4. The highest BCUT2D eigenvalue weighted by Crippen LogP contribution is 2.30. The van der Waals surface area contributed by atoms with E-state index in [1.807, 2.05) is 12.1 Å². The summed E-state index contributed by atoms with van der Waals surface area (Å²) in [6.07, 6.45) is 1.80. The van der Waals surface area contributed by atoms with Crippen LogP contribution in [0.2, 0.25) is 10.0 Å². The highest BCUT2D eigenvalue weighted by atomic mass is 35.5. The van der Waals surface area contributed by atoms with Crippen molar-refractivity contribution in [2.24, 2.45) is 0 Å². The van der Waals surface area contributed by atoms with Crippen LogP contribution in [-0.2, 0) is 14.8 Å². The lowest BCUT2D eigenvalue weighted by Crippen LogP contribution is -2.43. The van der Waals surface area contributed by atoms with Gasteiger partial charge in [0.05, 0.1) is 29.6 Å². The molecule has 1 atom stereocenters. The Hall–Kier alpha value is -2.07. The maximum absolute atomic E-state index is 13.0. The van der Waals surface area contributed by atoms with Gasteiger partial charge in [0, 0.05) is 41.7 Å². The number of carbonyl (C=O) groups is 1. The second kappa shape index (κ2) is 8.82. The summed E-state index contributed by atoms with van der Waals surface area (Å²) in [4.78, 5) is 19.2. The summed E-state index contributed by atoms with van der Waals surface area (Å²) in [5.41, 5.74) is 1.52. The molecule has 4 rings (SSSR count). The summed E-state index contributed by atoms with van der Waals surface area (Å²) in [5.74, 6) is -0.237. The van der Waals surface area contributed by atoms with E-state index in [0.717, 1.165) is 12.2 Å². The molecule has 3 heterocycles. The van der Waals surface area contributed by atoms with Gasteiger partial charge < -0.3 is 15.0 Å². The number of nitrogens with zero attached hydrogens (tertiary/aromatic N) is 3. The third kappa shape index (κ3) is 4.74. The lowest BCUT2D eigenvalue weighted by molar-refractivity contribution is 0.0989. The van der Waals surface area contributed by atoms with E-state index in [1.165, 1.54) is 16.6 Å². The van der Waals surface area contributed by atoms with Gasteiger partial charge in [0.1, 0.15) is 5.82 Å². The molecule has 1 amide bonds. The van der Waals surface area contributed by atoms with Crippen molar-refractivity contribution < 1.29 is 17.9 Å². The van der Waals surface area contributed by atoms with Crippen molar-refractivity contribution in [3.05, 3.63) is 46.1 Å². The van der Waals surface area contributed by atoms with Gasteiger partial charge >= 0.3 is 0 Å². The highest BCUT2D eigenvalue weighted by molar-refractivity contribution is 7.93. The van der Waals surface area contributed by atoms with Crippen molar-refractivity contribution in [3.8, 4) is 0 Å². The summed E-state index contributed by atoms with van der Waals surface area (Å²) in [6.45, 7) is 4.34. The van der Waals surface area contributed by atoms with Crippen LogP contribution in [0.15, 0.2) is 30.5 Å². The number of amides is 1. The predicted octanol–water partition coefficient (Wildman–Crippen LogP) is 3.41. The van der Waals surface area contributed by atoms with Gasteiger partial charge in [-0.1, -0.05) is 23.2 Å². The Kier molecular flexibility index (Phi) is 6.30. The summed E-state index contributed by atoms with van der Waals surface area (Å²) in [6, 6.07) is 6.90.